The van der Waals surface area contributed by atoms with Crippen LogP contribution < -0.4 is 5.73 Å². The lowest BCUT2D eigenvalue weighted by molar-refractivity contribution is -0.134. The Balaban J connectivity index is 0.00000131. The molecule has 1 aromatic heterocycles. The minimum Gasteiger partial charge on any atom is -0.379 e. The molecule has 3 fully saturated rings. The second-order valence-electron chi connectivity index (χ2n) is 7.67. The van der Waals surface area contributed by atoms with E-state index in [9.17, 15) is 4.79 Å². The fourth-order valence-electron chi connectivity index (χ4n) is 3.86. The molecule has 3 heterocycles. The number of morpholine rings is 1. The van der Waals surface area contributed by atoms with Crippen molar-refractivity contribution in [2.24, 2.45) is 12.8 Å². The van der Waals surface area contributed by atoms with Gasteiger partial charge in [0.15, 0.2) is 0 Å². The molecule has 1 aliphatic carbocycles. The van der Waals surface area contributed by atoms with E-state index < -0.39 is 5.54 Å². The van der Waals surface area contributed by atoms with Crippen LogP contribution in [0.3, 0.4) is 0 Å². The van der Waals surface area contributed by atoms with Crippen LogP contribution in [-0.4, -0.2) is 75.4 Å². The van der Waals surface area contributed by atoms with Crippen LogP contribution in [0.25, 0.3) is 0 Å². The van der Waals surface area contributed by atoms with E-state index in [1.807, 2.05) is 11.9 Å². The summed E-state index contributed by atoms with van der Waals surface area (Å²) >= 11 is 0. The van der Waals surface area contributed by atoms with E-state index in [2.05, 4.69) is 19.7 Å². The second kappa shape index (κ2) is 9.05. The minimum atomic E-state index is -0.580. The van der Waals surface area contributed by atoms with Gasteiger partial charge in [0.1, 0.15) is 11.6 Å². The van der Waals surface area contributed by atoms with Gasteiger partial charge >= 0.3 is 0 Å². The van der Waals surface area contributed by atoms with Crippen LogP contribution >= 0.6 is 24.8 Å². The average molecular weight is 421 g/mol. The summed E-state index contributed by atoms with van der Waals surface area (Å²) in [5.41, 5.74) is 5.52. The molecule has 4 rings (SSSR count). The monoisotopic (exact) mass is 420 g/mol. The highest BCUT2D eigenvalue weighted by Crippen LogP contribution is 2.36. The predicted octanol–water partition coefficient (Wildman–Crippen LogP) is 0.688. The molecule has 10 heteroatoms. The smallest absolute Gasteiger partial charge is 0.242 e. The van der Waals surface area contributed by atoms with Gasteiger partial charge in [-0.2, -0.15) is 0 Å². The standard InChI is InChI=1S/C17H28N6O2.2ClH/c1-21-14(12-22-7-9-25-10-8-22)19-20-15(21)13-3-2-6-23(11-13)16(24)17(18)4-5-17;;/h13H,2-12,18H2,1H3;2*1H. The maximum atomic E-state index is 12.6. The lowest BCUT2D eigenvalue weighted by Crippen LogP contribution is -2.49. The van der Waals surface area contributed by atoms with Gasteiger partial charge in [-0.25, -0.2) is 0 Å². The van der Waals surface area contributed by atoms with Crippen molar-refractivity contribution in [3.8, 4) is 0 Å². The Morgan fingerprint density at radius 1 is 1.22 bits per heavy atom. The first-order chi connectivity index (χ1) is 12.1. The summed E-state index contributed by atoms with van der Waals surface area (Å²) in [5.74, 6) is 2.34. The Bertz CT molecular complexity index is 645. The zero-order valence-corrected chi connectivity index (χ0v) is 17.4. The number of amides is 1. The Hall–Kier alpha value is -0.930. The minimum absolute atomic E-state index is 0. The Labute approximate surface area is 172 Å². The second-order valence-corrected chi connectivity index (χ2v) is 7.67. The van der Waals surface area contributed by atoms with E-state index in [0.29, 0.717) is 6.54 Å². The molecule has 1 unspecified atom stereocenters. The molecule has 0 spiro atoms. The molecule has 0 bridgehead atoms. The van der Waals surface area contributed by atoms with Gasteiger partial charge in [-0.15, -0.1) is 35.0 Å². The van der Waals surface area contributed by atoms with Gasteiger partial charge in [-0.1, -0.05) is 0 Å². The number of rotatable bonds is 4. The normalized spacial score (nSPS) is 24.7. The number of likely N-dealkylation sites (tertiary alicyclic amines) is 1. The quantitative estimate of drug-likeness (QED) is 0.770. The molecule has 2 saturated heterocycles. The van der Waals surface area contributed by atoms with Gasteiger partial charge in [0, 0.05) is 39.1 Å². The highest BCUT2D eigenvalue weighted by Gasteiger charge is 2.48. The summed E-state index contributed by atoms with van der Waals surface area (Å²) in [6.45, 7) is 5.76. The van der Waals surface area contributed by atoms with Gasteiger partial charge in [-0.05, 0) is 25.7 Å². The molecular formula is C17H30Cl2N6O2. The van der Waals surface area contributed by atoms with Crippen LogP contribution in [0, 0.1) is 0 Å². The summed E-state index contributed by atoms with van der Waals surface area (Å²) in [6.07, 6.45) is 3.68. The SMILES string of the molecule is Cl.Cl.Cn1c(CN2CCOCC2)nnc1C1CCCN(C(=O)C2(N)CC2)C1. The van der Waals surface area contributed by atoms with E-state index in [4.69, 9.17) is 10.5 Å². The van der Waals surface area contributed by atoms with Gasteiger partial charge in [0.2, 0.25) is 5.91 Å². The summed E-state index contributed by atoms with van der Waals surface area (Å²) in [6, 6.07) is 0. The molecule has 0 aromatic carbocycles. The first kappa shape index (κ1) is 22.4. The van der Waals surface area contributed by atoms with Crippen LogP contribution in [0.15, 0.2) is 0 Å². The van der Waals surface area contributed by atoms with Crippen molar-refractivity contribution in [3.63, 3.8) is 0 Å². The first-order valence-corrected chi connectivity index (χ1v) is 9.33. The Kier molecular flexibility index (Phi) is 7.49. The summed E-state index contributed by atoms with van der Waals surface area (Å²) in [4.78, 5) is 16.8. The Morgan fingerprint density at radius 3 is 2.59 bits per heavy atom. The lowest BCUT2D eigenvalue weighted by atomic mass is 9.96. The molecule has 1 saturated carbocycles. The summed E-state index contributed by atoms with van der Waals surface area (Å²) < 4.78 is 7.52. The van der Waals surface area contributed by atoms with Gasteiger partial charge in [0.05, 0.1) is 25.3 Å². The van der Waals surface area contributed by atoms with Crippen molar-refractivity contribution in [1.29, 1.82) is 0 Å². The molecule has 2 N–H and O–H groups in total. The fraction of sp³-hybridized carbons (Fsp3) is 0.824. The average Bonchev–Trinajstić information content (AvgIpc) is 3.30. The number of ether oxygens (including phenoxy) is 1. The van der Waals surface area contributed by atoms with Crippen molar-refractivity contribution >= 4 is 30.7 Å². The maximum Gasteiger partial charge on any atom is 0.242 e. The molecule has 1 atom stereocenters. The van der Waals surface area contributed by atoms with Crippen molar-refractivity contribution < 1.29 is 9.53 Å². The number of carbonyl (C=O) groups excluding carboxylic acids is 1. The van der Waals surface area contributed by atoms with Crippen LogP contribution in [0.4, 0.5) is 0 Å². The third-order valence-corrected chi connectivity index (χ3v) is 5.76. The number of nitrogens with zero attached hydrogens (tertiary/aromatic N) is 5. The first-order valence-electron chi connectivity index (χ1n) is 9.33. The van der Waals surface area contributed by atoms with Gasteiger partial charge < -0.3 is 19.9 Å². The van der Waals surface area contributed by atoms with Crippen LogP contribution in [0.5, 0.6) is 0 Å². The van der Waals surface area contributed by atoms with E-state index in [1.165, 1.54) is 0 Å². The number of hydrogen-bond donors (Lipinski definition) is 1. The number of halogens is 2. The predicted molar refractivity (Wildman–Crippen MR) is 106 cm³/mol. The molecule has 8 nitrogen and oxygen atoms in total. The zero-order valence-electron chi connectivity index (χ0n) is 15.8. The molecule has 154 valence electrons. The highest BCUT2D eigenvalue weighted by atomic mass is 35.5. The summed E-state index contributed by atoms with van der Waals surface area (Å²) in [5, 5.41) is 8.88. The maximum absolute atomic E-state index is 12.6. The third-order valence-electron chi connectivity index (χ3n) is 5.76. The Morgan fingerprint density at radius 2 is 1.93 bits per heavy atom. The van der Waals surface area contributed by atoms with Crippen molar-refractivity contribution in [1.82, 2.24) is 24.6 Å². The number of hydrogen-bond acceptors (Lipinski definition) is 6. The molecule has 3 aliphatic rings. The van der Waals surface area contributed by atoms with Crippen LogP contribution in [0.1, 0.15) is 43.3 Å². The molecule has 1 amide bonds. The van der Waals surface area contributed by atoms with E-state index in [0.717, 1.165) is 76.7 Å². The topological polar surface area (TPSA) is 89.5 Å². The fourth-order valence-corrected chi connectivity index (χ4v) is 3.86. The van der Waals surface area contributed by atoms with E-state index in [-0.39, 0.29) is 36.6 Å². The molecule has 27 heavy (non-hydrogen) atoms. The number of nitrogens with two attached hydrogens (primary N) is 1. The molecule has 0 radical (unpaired) electrons. The van der Waals surface area contributed by atoms with Crippen molar-refractivity contribution in [2.45, 2.75) is 43.7 Å². The van der Waals surface area contributed by atoms with Gasteiger partial charge in [-0.3, -0.25) is 9.69 Å². The summed E-state index contributed by atoms with van der Waals surface area (Å²) in [7, 11) is 2.04. The van der Waals surface area contributed by atoms with Crippen molar-refractivity contribution in [3.05, 3.63) is 11.6 Å². The van der Waals surface area contributed by atoms with Gasteiger partial charge in [0.25, 0.3) is 0 Å². The van der Waals surface area contributed by atoms with Crippen LogP contribution in [-0.2, 0) is 23.1 Å². The largest absolute Gasteiger partial charge is 0.379 e. The molecular weight excluding hydrogens is 391 g/mol. The lowest BCUT2D eigenvalue weighted by Gasteiger charge is -2.34. The van der Waals surface area contributed by atoms with Crippen molar-refractivity contribution in [2.75, 3.05) is 39.4 Å². The van der Waals surface area contributed by atoms with Crippen LogP contribution in [0.2, 0.25) is 0 Å². The molecule has 1 aromatic rings. The highest BCUT2D eigenvalue weighted by molar-refractivity contribution is 5.89. The zero-order chi connectivity index (χ0) is 17.4. The molecule has 2 aliphatic heterocycles. The third kappa shape index (κ3) is 4.74. The number of carbonyl (C=O) groups is 1. The van der Waals surface area contributed by atoms with E-state index in [1.54, 1.807) is 0 Å². The number of aromatic nitrogens is 3. The number of piperidine rings is 1. The van der Waals surface area contributed by atoms with E-state index >= 15 is 0 Å².